The number of anilines is 1. The normalized spacial score (nSPS) is 22.8. The number of hydrogen-bond acceptors (Lipinski definition) is 4. The molecule has 1 saturated heterocycles. The van der Waals surface area contributed by atoms with Crippen LogP contribution >= 0.6 is 0 Å². The highest BCUT2D eigenvalue weighted by Gasteiger charge is 2.33. The number of carbonyl (C=O) groups is 1. The summed E-state index contributed by atoms with van der Waals surface area (Å²) in [5.41, 5.74) is 0.626. The first kappa shape index (κ1) is 15.0. The quantitative estimate of drug-likeness (QED) is 0.890. The summed E-state index contributed by atoms with van der Waals surface area (Å²) in [6, 6.07) is 5.92. The standard InChI is InChI=1S/C13H18N2O4S/c1-9-12(7-8-19-9)13(16)15(2)10-3-5-11(6-4-10)20(14,17)18/h3-6,9,12H,7-8H2,1-2H3,(H2,14,17,18). The second-order valence-corrected chi connectivity index (χ2v) is 6.47. The van der Waals surface area contributed by atoms with Gasteiger partial charge in [-0.25, -0.2) is 13.6 Å². The van der Waals surface area contributed by atoms with E-state index in [1.54, 1.807) is 19.2 Å². The van der Waals surface area contributed by atoms with Gasteiger partial charge in [-0.2, -0.15) is 0 Å². The van der Waals surface area contributed by atoms with Crippen LogP contribution in [-0.2, 0) is 19.6 Å². The van der Waals surface area contributed by atoms with Gasteiger partial charge in [0.05, 0.1) is 16.9 Å². The molecule has 0 aromatic heterocycles. The predicted molar refractivity (Wildman–Crippen MR) is 74.7 cm³/mol. The average molecular weight is 298 g/mol. The minimum atomic E-state index is -3.71. The molecular formula is C13H18N2O4S. The maximum atomic E-state index is 12.3. The summed E-state index contributed by atoms with van der Waals surface area (Å²) in [6.07, 6.45) is 0.619. The molecule has 2 rings (SSSR count). The van der Waals surface area contributed by atoms with Gasteiger partial charge in [-0.15, -0.1) is 0 Å². The van der Waals surface area contributed by atoms with Crippen LogP contribution in [0.5, 0.6) is 0 Å². The fraction of sp³-hybridized carbons (Fsp3) is 0.462. The summed E-state index contributed by atoms with van der Waals surface area (Å²) < 4.78 is 27.8. The van der Waals surface area contributed by atoms with E-state index in [0.717, 1.165) is 0 Å². The van der Waals surface area contributed by atoms with Crippen LogP contribution in [0.2, 0.25) is 0 Å². The van der Waals surface area contributed by atoms with Gasteiger partial charge in [-0.1, -0.05) is 0 Å². The molecule has 2 unspecified atom stereocenters. The van der Waals surface area contributed by atoms with Crippen molar-refractivity contribution in [2.24, 2.45) is 11.1 Å². The lowest BCUT2D eigenvalue weighted by molar-refractivity contribution is -0.123. The fourth-order valence-corrected chi connectivity index (χ4v) is 2.81. The molecule has 6 nitrogen and oxygen atoms in total. The van der Waals surface area contributed by atoms with E-state index >= 15 is 0 Å². The van der Waals surface area contributed by atoms with Crippen molar-refractivity contribution in [1.82, 2.24) is 0 Å². The fourth-order valence-electron chi connectivity index (χ4n) is 2.29. The van der Waals surface area contributed by atoms with E-state index in [0.29, 0.717) is 18.7 Å². The Kier molecular flexibility index (Phi) is 4.12. The third-order valence-corrected chi connectivity index (χ3v) is 4.51. The van der Waals surface area contributed by atoms with E-state index in [4.69, 9.17) is 9.88 Å². The molecule has 1 aromatic carbocycles. The Hall–Kier alpha value is -1.44. The first-order chi connectivity index (χ1) is 9.30. The number of nitrogens with two attached hydrogens (primary N) is 1. The summed E-state index contributed by atoms with van der Waals surface area (Å²) in [6.45, 7) is 2.48. The maximum absolute atomic E-state index is 12.3. The highest BCUT2D eigenvalue weighted by molar-refractivity contribution is 7.89. The SMILES string of the molecule is CC1OCCC1C(=O)N(C)c1ccc(S(N)(=O)=O)cc1. The molecule has 1 aliphatic heterocycles. The second-order valence-electron chi connectivity index (χ2n) is 4.91. The zero-order valence-electron chi connectivity index (χ0n) is 11.4. The number of rotatable bonds is 3. The van der Waals surface area contributed by atoms with Crippen LogP contribution in [0.1, 0.15) is 13.3 Å². The minimum Gasteiger partial charge on any atom is -0.378 e. The number of sulfonamides is 1. The van der Waals surface area contributed by atoms with Crippen molar-refractivity contribution in [2.45, 2.75) is 24.3 Å². The molecule has 0 radical (unpaired) electrons. The van der Waals surface area contributed by atoms with Crippen molar-refractivity contribution in [3.8, 4) is 0 Å². The Morgan fingerprint density at radius 1 is 1.35 bits per heavy atom. The van der Waals surface area contributed by atoms with Crippen molar-refractivity contribution in [3.63, 3.8) is 0 Å². The molecule has 1 amide bonds. The zero-order chi connectivity index (χ0) is 14.9. The largest absolute Gasteiger partial charge is 0.378 e. The zero-order valence-corrected chi connectivity index (χ0v) is 12.3. The van der Waals surface area contributed by atoms with E-state index < -0.39 is 10.0 Å². The van der Waals surface area contributed by atoms with E-state index in [9.17, 15) is 13.2 Å². The smallest absolute Gasteiger partial charge is 0.238 e. The van der Waals surface area contributed by atoms with Gasteiger partial charge >= 0.3 is 0 Å². The van der Waals surface area contributed by atoms with Crippen LogP contribution in [-0.4, -0.2) is 34.1 Å². The van der Waals surface area contributed by atoms with Gasteiger partial charge in [0, 0.05) is 19.3 Å². The summed E-state index contributed by atoms with van der Waals surface area (Å²) in [5, 5.41) is 5.04. The summed E-state index contributed by atoms with van der Waals surface area (Å²) in [7, 11) is -2.05. The van der Waals surface area contributed by atoms with Gasteiger partial charge in [-0.3, -0.25) is 4.79 Å². The molecule has 0 spiro atoms. The molecule has 1 fully saturated rings. The van der Waals surface area contributed by atoms with Gasteiger partial charge < -0.3 is 9.64 Å². The van der Waals surface area contributed by atoms with Gasteiger partial charge in [0.1, 0.15) is 0 Å². The first-order valence-electron chi connectivity index (χ1n) is 6.33. The average Bonchev–Trinajstić information content (AvgIpc) is 2.82. The van der Waals surface area contributed by atoms with Gasteiger partial charge in [0.25, 0.3) is 0 Å². The van der Waals surface area contributed by atoms with Crippen molar-refractivity contribution >= 4 is 21.6 Å². The van der Waals surface area contributed by atoms with E-state index in [-0.39, 0.29) is 22.8 Å². The van der Waals surface area contributed by atoms with Crippen LogP contribution < -0.4 is 10.0 Å². The predicted octanol–water partition coefficient (Wildman–Crippen LogP) is 0.722. The monoisotopic (exact) mass is 298 g/mol. The topological polar surface area (TPSA) is 89.7 Å². The molecule has 1 heterocycles. The number of hydrogen-bond donors (Lipinski definition) is 1. The Labute approximate surface area is 118 Å². The van der Waals surface area contributed by atoms with Gasteiger partial charge in [-0.05, 0) is 37.6 Å². The van der Waals surface area contributed by atoms with Crippen LogP contribution in [0.15, 0.2) is 29.2 Å². The lowest BCUT2D eigenvalue weighted by atomic mass is 10.0. The van der Waals surface area contributed by atoms with Gasteiger partial charge in [0.15, 0.2) is 0 Å². The van der Waals surface area contributed by atoms with Crippen LogP contribution in [0.3, 0.4) is 0 Å². The molecule has 0 aliphatic carbocycles. The number of ether oxygens (including phenoxy) is 1. The summed E-state index contributed by atoms with van der Waals surface area (Å²) in [5.74, 6) is -0.184. The molecule has 2 N–H and O–H groups in total. The van der Waals surface area contributed by atoms with Crippen LogP contribution in [0.4, 0.5) is 5.69 Å². The number of benzene rings is 1. The van der Waals surface area contributed by atoms with Crippen LogP contribution in [0, 0.1) is 5.92 Å². The Balaban J connectivity index is 2.17. The molecule has 0 saturated carbocycles. The molecule has 20 heavy (non-hydrogen) atoms. The summed E-state index contributed by atoms with van der Waals surface area (Å²) >= 11 is 0. The van der Waals surface area contributed by atoms with Crippen molar-refractivity contribution in [2.75, 3.05) is 18.6 Å². The summed E-state index contributed by atoms with van der Waals surface area (Å²) in [4.78, 5) is 13.9. The number of amides is 1. The van der Waals surface area contributed by atoms with Crippen molar-refractivity contribution < 1.29 is 17.9 Å². The molecule has 7 heteroatoms. The minimum absolute atomic E-state index is 0.0275. The first-order valence-corrected chi connectivity index (χ1v) is 7.87. The van der Waals surface area contributed by atoms with E-state index in [1.807, 2.05) is 6.92 Å². The number of nitrogens with zero attached hydrogens (tertiary/aromatic N) is 1. The second kappa shape index (κ2) is 5.51. The third kappa shape index (κ3) is 3.00. The maximum Gasteiger partial charge on any atom is 0.238 e. The molecule has 1 aliphatic rings. The molecular weight excluding hydrogens is 280 g/mol. The van der Waals surface area contributed by atoms with E-state index in [1.165, 1.54) is 17.0 Å². The van der Waals surface area contributed by atoms with Crippen LogP contribution in [0.25, 0.3) is 0 Å². The molecule has 110 valence electrons. The number of carbonyl (C=O) groups excluding carboxylic acids is 1. The van der Waals surface area contributed by atoms with Crippen molar-refractivity contribution in [1.29, 1.82) is 0 Å². The number of primary sulfonamides is 1. The highest BCUT2D eigenvalue weighted by atomic mass is 32.2. The lowest BCUT2D eigenvalue weighted by Crippen LogP contribution is -2.35. The van der Waals surface area contributed by atoms with Gasteiger partial charge in [0.2, 0.25) is 15.9 Å². The molecule has 0 bridgehead atoms. The Morgan fingerprint density at radius 3 is 2.40 bits per heavy atom. The molecule has 1 aromatic rings. The Morgan fingerprint density at radius 2 is 1.95 bits per heavy atom. The van der Waals surface area contributed by atoms with E-state index in [2.05, 4.69) is 0 Å². The highest BCUT2D eigenvalue weighted by Crippen LogP contribution is 2.25. The third-order valence-electron chi connectivity index (χ3n) is 3.58. The van der Waals surface area contributed by atoms with Crippen molar-refractivity contribution in [3.05, 3.63) is 24.3 Å². The molecule has 2 atom stereocenters. The lowest BCUT2D eigenvalue weighted by Gasteiger charge is -2.22. The Bertz CT molecular complexity index is 597.